The molecule has 1 unspecified atom stereocenters. The molecular weight excluding hydrogens is 503 g/mol. The van der Waals surface area contributed by atoms with Crippen molar-refractivity contribution < 1.29 is 34.5 Å². The summed E-state index contributed by atoms with van der Waals surface area (Å²) in [7, 11) is 6.44. The molecule has 0 spiro atoms. The van der Waals surface area contributed by atoms with Crippen LogP contribution >= 0.6 is 9.80 Å². The van der Waals surface area contributed by atoms with Crippen LogP contribution in [0.25, 0.3) is 0 Å². The van der Waals surface area contributed by atoms with Gasteiger partial charge in [0.15, 0.2) is 0 Å². The van der Waals surface area contributed by atoms with E-state index in [1.165, 1.54) is 0 Å². The van der Waals surface area contributed by atoms with Gasteiger partial charge in [-0.3, -0.25) is 0 Å². The molecule has 2 heterocycles. The number of benzene rings is 1. The quantitative estimate of drug-likeness (QED) is 0.253. The van der Waals surface area contributed by atoms with Crippen molar-refractivity contribution in [2.45, 2.75) is 36.5 Å². The van der Waals surface area contributed by atoms with Gasteiger partial charge in [-0.05, 0) is 0 Å². The first-order valence-corrected chi connectivity index (χ1v) is 13.9. The number of hydrogen-bond donors (Lipinski definition) is 3. The van der Waals surface area contributed by atoms with Crippen molar-refractivity contribution in [2.24, 2.45) is 5.92 Å². The number of alkyl halides is 1. The third kappa shape index (κ3) is 5.13. The van der Waals surface area contributed by atoms with E-state index in [4.69, 9.17) is 4.74 Å². The van der Waals surface area contributed by atoms with Crippen molar-refractivity contribution in [2.75, 3.05) is 18.6 Å². The third-order valence-electron chi connectivity index (χ3n) is 4.94. The van der Waals surface area contributed by atoms with E-state index in [0.717, 1.165) is 16.9 Å². The molecule has 0 aliphatic carbocycles. The Hall–Kier alpha value is -1.59. The first-order chi connectivity index (χ1) is 13.9. The van der Waals surface area contributed by atoms with Crippen LogP contribution in [-0.4, -0.2) is 46.9 Å². The molecule has 7 nitrogen and oxygen atoms in total. The summed E-state index contributed by atoms with van der Waals surface area (Å²) in [6, 6.07) is 8.97. The van der Waals surface area contributed by atoms with Crippen molar-refractivity contribution in [1.82, 2.24) is 15.5 Å². The minimum atomic E-state index is -0.574. The van der Waals surface area contributed by atoms with E-state index < -0.39 is 19.8 Å². The van der Waals surface area contributed by atoms with Crippen molar-refractivity contribution in [3.63, 3.8) is 0 Å². The Morgan fingerprint density at radius 3 is 2.83 bits per heavy atom. The average Bonchev–Trinajstić information content (AvgIpc) is 2.71. The number of amides is 1. The number of carbonyl (C=O) groups excluding carboxylic acids is 1. The third-order valence-corrected chi connectivity index (χ3v) is 7.53. The molecule has 1 amide bonds. The number of halogens is 1. The van der Waals surface area contributed by atoms with Gasteiger partial charge in [0.2, 0.25) is 0 Å². The van der Waals surface area contributed by atoms with E-state index in [1.54, 1.807) is 6.20 Å². The van der Waals surface area contributed by atoms with Crippen LogP contribution in [-0.2, 0) is 11.2 Å². The van der Waals surface area contributed by atoms with Gasteiger partial charge < -0.3 is 0 Å². The number of aliphatic hydroxyl groups is 1. The molecule has 158 valence electrons. The van der Waals surface area contributed by atoms with E-state index in [2.05, 4.69) is 25.3 Å². The van der Waals surface area contributed by atoms with Crippen LogP contribution in [0.4, 0.5) is 5.69 Å². The molecule has 2 aromatic rings. The number of nitrogens with one attached hydrogen (secondary N) is 1. The Morgan fingerprint density at radius 2 is 2.21 bits per heavy atom. The van der Waals surface area contributed by atoms with Gasteiger partial charge in [-0.25, -0.2) is 0 Å². The Morgan fingerprint density at radius 1 is 1.41 bits per heavy atom. The molecule has 1 aliphatic rings. The van der Waals surface area contributed by atoms with Gasteiger partial charge in [0.25, 0.3) is 0 Å². The molecular formula is C20H26IN4O3S-. The number of fused-ring (bicyclic) bond motifs is 1. The number of rotatable bonds is 6. The number of carbonyl (C=O) groups is 1. The van der Waals surface area contributed by atoms with Gasteiger partial charge in [-0.15, -0.1) is 0 Å². The number of aliphatic hydroxyl groups excluding tert-OH is 1. The van der Waals surface area contributed by atoms with Crippen molar-refractivity contribution >= 4 is 21.4 Å². The molecule has 29 heavy (non-hydrogen) atoms. The molecule has 1 aromatic carbocycles. The van der Waals surface area contributed by atoms with Crippen molar-refractivity contribution in [3.05, 3.63) is 47.8 Å². The molecule has 3 atom stereocenters. The van der Waals surface area contributed by atoms with Gasteiger partial charge in [0.05, 0.1) is 0 Å². The Labute approximate surface area is 185 Å². The fraction of sp³-hybridized carbons (Fsp3) is 0.450. The van der Waals surface area contributed by atoms with Gasteiger partial charge in [0, 0.05) is 0 Å². The molecule has 0 saturated carbocycles. The molecule has 0 saturated heterocycles. The number of thiol groups is 1. The van der Waals surface area contributed by atoms with Gasteiger partial charge in [0.1, 0.15) is 0 Å². The van der Waals surface area contributed by atoms with E-state index >= 15 is 0 Å². The summed E-state index contributed by atoms with van der Waals surface area (Å²) in [4.78, 5) is 14.8. The zero-order valence-electron chi connectivity index (χ0n) is 16.6. The first-order valence-electron chi connectivity index (χ1n) is 9.43. The fourth-order valence-electron chi connectivity index (χ4n) is 3.59. The topological polar surface area (TPSA) is 87.6 Å². The monoisotopic (exact) mass is 529 g/mol. The van der Waals surface area contributed by atoms with Crippen LogP contribution in [0.15, 0.2) is 36.5 Å². The summed E-state index contributed by atoms with van der Waals surface area (Å²) in [5.74, 6) is 0.728. The first kappa shape index (κ1) is 22.1. The predicted molar refractivity (Wildman–Crippen MR) is 111 cm³/mol. The summed E-state index contributed by atoms with van der Waals surface area (Å²) < 4.78 is 5.98. The second kappa shape index (κ2) is 9.94. The van der Waals surface area contributed by atoms with E-state index in [-0.39, 0.29) is 34.6 Å². The second-order valence-corrected chi connectivity index (χ2v) is 10.4. The van der Waals surface area contributed by atoms with Crippen molar-refractivity contribution in [3.8, 4) is 5.75 Å². The average molecular weight is 529 g/mol. The molecule has 3 rings (SSSR count). The van der Waals surface area contributed by atoms with E-state index in [1.807, 2.05) is 56.1 Å². The van der Waals surface area contributed by atoms with Gasteiger partial charge in [-0.1, -0.05) is 0 Å². The van der Waals surface area contributed by atoms with Gasteiger partial charge >= 0.3 is 186 Å². The molecule has 0 bridgehead atoms. The van der Waals surface area contributed by atoms with Crippen LogP contribution in [0, 0.1) is 5.92 Å². The normalized spacial score (nSPS) is 20.6. The fourth-order valence-corrected chi connectivity index (χ4v) is 5.55. The predicted octanol–water partition coefficient (Wildman–Crippen LogP) is -1.02. The molecule has 1 aliphatic heterocycles. The Balaban J connectivity index is 1.95. The molecule has 2 N–H and O–H groups in total. The maximum absolute atomic E-state index is 12.8. The number of aromatic nitrogens is 2. The molecule has 9 heteroatoms. The van der Waals surface area contributed by atoms with Crippen molar-refractivity contribution in [1.29, 1.82) is 0 Å². The number of nitrogens with zero attached hydrogens (tertiary/aromatic N) is 3. The standard InChI is InChI=1S/C20H26IN4O3S/c1-12(2)18-20(27)23-14(11-26)9-13-6-7-15(10-17(13)25(18)3)28-19(21-29)16-5-4-8-22-24-16/h4-8,10,12,14,18-19,26,29H,9,11H2,1-3H3,(H,23,27)/q-1/t14-,18-,19?/m1/s1. The van der Waals surface area contributed by atoms with Crippen LogP contribution in [0.3, 0.4) is 0 Å². The zero-order chi connectivity index (χ0) is 21.0. The SMILES string of the molecule is CC(C)[C@@H]1C(=O)N[C@@H](CO)Cc2ccc(OC([I-]S)c3cccnn3)cc2N1C. The molecule has 1 aromatic heterocycles. The number of hydrogen-bond acceptors (Lipinski definition) is 7. The number of ether oxygens (including phenoxy) is 1. The van der Waals surface area contributed by atoms with Crippen LogP contribution < -0.4 is 34.8 Å². The van der Waals surface area contributed by atoms with E-state index in [0.29, 0.717) is 12.2 Å². The Kier molecular flexibility index (Phi) is 7.58. The summed E-state index contributed by atoms with van der Waals surface area (Å²) in [6.07, 6.45) is 2.19. The summed E-state index contributed by atoms with van der Waals surface area (Å²) in [6.45, 7) is 3.94. The van der Waals surface area contributed by atoms with Crippen LogP contribution in [0.2, 0.25) is 0 Å². The summed E-state index contributed by atoms with van der Waals surface area (Å²) >= 11 is -0.574. The summed E-state index contributed by atoms with van der Waals surface area (Å²) in [5, 5.41) is 20.8. The zero-order valence-corrected chi connectivity index (χ0v) is 19.7. The number of likely N-dealkylation sites (N-methyl/N-ethyl adjacent to an activating group) is 1. The van der Waals surface area contributed by atoms with Crippen LogP contribution in [0.5, 0.6) is 5.75 Å². The molecule has 0 fully saturated rings. The van der Waals surface area contributed by atoms with Gasteiger partial charge in [-0.2, -0.15) is 0 Å². The van der Waals surface area contributed by atoms with Crippen LogP contribution in [0.1, 0.15) is 29.2 Å². The molecule has 0 radical (unpaired) electrons. The second-order valence-electron chi connectivity index (χ2n) is 7.36. The Bertz CT molecular complexity index is 840. The minimum absolute atomic E-state index is 0.0721. The summed E-state index contributed by atoms with van der Waals surface area (Å²) in [5.41, 5.74) is 2.75. The van der Waals surface area contributed by atoms with E-state index in [9.17, 15) is 9.90 Å². The maximum atomic E-state index is 12.8. The number of anilines is 1.